The number of ether oxygens (including phenoxy) is 1. The third-order valence-electron chi connectivity index (χ3n) is 5.92. The summed E-state index contributed by atoms with van der Waals surface area (Å²) in [5.41, 5.74) is 0. The lowest BCUT2D eigenvalue weighted by atomic mass is 9.97. The maximum atomic E-state index is 12.5. The fourth-order valence-corrected chi connectivity index (χ4v) is 4.13. The van der Waals surface area contributed by atoms with Gasteiger partial charge in [0.05, 0.1) is 0 Å². The molecule has 3 fully saturated rings. The first-order valence-electron chi connectivity index (χ1n) is 10.2. The zero-order valence-corrected chi connectivity index (χ0v) is 16.7. The second-order valence-electron chi connectivity index (χ2n) is 7.69. The quantitative estimate of drug-likeness (QED) is 0.558. The van der Waals surface area contributed by atoms with Gasteiger partial charge in [-0.15, -0.1) is 0 Å². The number of nitrogens with zero attached hydrogens (tertiary/aromatic N) is 4. The summed E-state index contributed by atoms with van der Waals surface area (Å²) >= 11 is 0. The van der Waals surface area contributed by atoms with E-state index >= 15 is 0 Å². The zero-order valence-electron chi connectivity index (χ0n) is 16.7. The molecule has 0 aromatic carbocycles. The second-order valence-corrected chi connectivity index (χ2v) is 7.69. The minimum atomic E-state index is -0.227. The molecule has 3 aliphatic heterocycles. The smallest absolute Gasteiger partial charge is 0.251 e. The van der Waals surface area contributed by atoms with Crippen LogP contribution in [-0.2, 0) is 14.3 Å². The number of piperazine rings is 1. The van der Waals surface area contributed by atoms with E-state index in [4.69, 9.17) is 4.74 Å². The molecule has 0 aromatic rings. The number of amides is 2. The van der Waals surface area contributed by atoms with Gasteiger partial charge in [-0.3, -0.25) is 14.6 Å². The fraction of sp³-hybridized carbons (Fsp3) is 0.842. The monoisotopic (exact) mass is 379 g/mol. The standard InChI is InChI=1S/C19H33N5O3/c1-15(25)22-7-5-16(6-8-22)14-21-19(20-2)24-11-9-23(10-12-24)18(26)17-4-3-13-27-17/h16-17H,3-14H2,1-2H3,(H,20,21). The van der Waals surface area contributed by atoms with Crippen LogP contribution in [0, 0.1) is 5.92 Å². The molecule has 0 aromatic heterocycles. The van der Waals surface area contributed by atoms with E-state index in [0.717, 1.165) is 77.5 Å². The van der Waals surface area contributed by atoms with Gasteiger partial charge in [-0.05, 0) is 31.6 Å². The molecule has 3 heterocycles. The van der Waals surface area contributed by atoms with Crippen molar-refractivity contribution >= 4 is 17.8 Å². The second kappa shape index (κ2) is 9.39. The van der Waals surface area contributed by atoms with Crippen LogP contribution < -0.4 is 5.32 Å². The number of likely N-dealkylation sites (tertiary alicyclic amines) is 1. The number of nitrogens with one attached hydrogen (secondary N) is 1. The molecule has 1 N–H and O–H groups in total. The van der Waals surface area contributed by atoms with Crippen molar-refractivity contribution in [2.75, 3.05) is 59.5 Å². The van der Waals surface area contributed by atoms with E-state index in [1.807, 2.05) is 16.8 Å². The van der Waals surface area contributed by atoms with Gasteiger partial charge >= 0.3 is 0 Å². The molecular formula is C19H33N5O3. The Bertz CT molecular complexity index is 546. The van der Waals surface area contributed by atoms with E-state index in [1.165, 1.54) is 0 Å². The molecule has 0 spiro atoms. The number of piperidine rings is 1. The van der Waals surface area contributed by atoms with Crippen molar-refractivity contribution in [1.29, 1.82) is 0 Å². The molecule has 3 saturated heterocycles. The highest BCUT2D eigenvalue weighted by molar-refractivity contribution is 5.82. The zero-order chi connectivity index (χ0) is 19.2. The lowest BCUT2D eigenvalue weighted by Crippen LogP contribution is -2.55. The first kappa shape index (κ1) is 19.9. The lowest BCUT2D eigenvalue weighted by molar-refractivity contribution is -0.142. The van der Waals surface area contributed by atoms with Crippen molar-refractivity contribution in [3.63, 3.8) is 0 Å². The van der Waals surface area contributed by atoms with Gasteiger partial charge in [0.1, 0.15) is 6.10 Å². The molecule has 0 saturated carbocycles. The molecule has 3 aliphatic rings. The SMILES string of the molecule is CN=C(NCC1CCN(C(C)=O)CC1)N1CCN(C(=O)C2CCCO2)CC1. The van der Waals surface area contributed by atoms with Gasteiger partial charge in [0.15, 0.2) is 5.96 Å². The third kappa shape index (κ3) is 5.12. The van der Waals surface area contributed by atoms with Crippen LogP contribution in [-0.4, -0.2) is 98.0 Å². The van der Waals surface area contributed by atoms with Gasteiger partial charge in [0.2, 0.25) is 5.91 Å². The largest absolute Gasteiger partial charge is 0.368 e. The molecule has 0 radical (unpaired) electrons. The molecule has 27 heavy (non-hydrogen) atoms. The van der Waals surface area contributed by atoms with Crippen LogP contribution in [0.3, 0.4) is 0 Å². The van der Waals surface area contributed by atoms with Crippen LogP contribution in [0.2, 0.25) is 0 Å². The predicted molar refractivity (Wildman–Crippen MR) is 103 cm³/mol. The van der Waals surface area contributed by atoms with Crippen molar-refractivity contribution < 1.29 is 14.3 Å². The Morgan fingerprint density at radius 3 is 2.22 bits per heavy atom. The van der Waals surface area contributed by atoms with Crippen molar-refractivity contribution in [3.05, 3.63) is 0 Å². The summed E-state index contributed by atoms with van der Waals surface area (Å²) in [6, 6.07) is 0. The Kier molecular flexibility index (Phi) is 6.93. The minimum Gasteiger partial charge on any atom is -0.368 e. The summed E-state index contributed by atoms with van der Waals surface area (Å²) in [6.45, 7) is 7.96. The summed E-state index contributed by atoms with van der Waals surface area (Å²) in [4.78, 5) is 34.4. The molecule has 1 atom stereocenters. The van der Waals surface area contributed by atoms with Crippen molar-refractivity contribution in [2.45, 2.75) is 38.7 Å². The Labute approximate surface area is 161 Å². The fourth-order valence-electron chi connectivity index (χ4n) is 4.13. The Morgan fingerprint density at radius 2 is 1.67 bits per heavy atom. The van der Waals surface area contributed by atoms with Crippen molar-refractivity contribution in [2.24, 2.45) is 10.9 Å². The van der Waals surface area contributed by atoms with E-state index in [0.29, 0.717) is 12.5 Å². The molecule has 0 bridgehead atoms. The summed E-state index contributed by atoms with van der Waals surface area (Å²) in [7, 11) is 1.81. The Balaban J connectivity index is 1.40. The van der Waals surface area contributed by atoms with Gasteiger partial charge in [0, 0.05) is 66.4 Å². The van der Waals surface area contributed by atoms with E-state index in [2.05, 4.69) is 15.2 Å². The van der Waals surface area contributed by atoms with Gasteiger partial charge in [0.25, 0.3) is 5.91 Å². The van der Waals surface area contributed by atoms with Crippen LogP contribution in [0.15, 0.2) is 4.99 Å². The van der Waals surface area contributed by atoms with E-state index < -0.39 is 0 Å². The van der Waals surface area contributed by atoms with Crippen molar-refractivity contribution in [3.8, 4) is 0 Å². The number of hydrogen-bond acceptors (Lipinski definition) is 4. The first-order chi connectivity index (χ1) is 13.1. The number of carbonyl (C=O) groups excluding carboxylic acids is 2. The number of guanidine groups is 1. The van der Waals surface area contributed by atoms with Crippen molar-refractivity contribution in [1.82, 2.24) is 20.0 Å². The summed E-state index contributed by atoms with van der Waals surface area (Å²) in [6.07, 6.45) is 3.68. The summed E-state index contributed by atoms with van der Waals surface area (Å²) in [5.74, 6) is 1.80. The first-order valence-corrected chi connectivity index (χ1v) is 10.2. The maximum Gasteiger partial charge on any atom is 0.251 e. The van der Waals surface area contributed by atoms with Gasteiger partial charge in [-0.2, -0.15) is 0 Å². The Hall–Kier alpha value is -1.83. The van der Waals surface area contributed by atoms with Crippen LogP contribution in [0.5, 0.6) is 0 Å². The molecular weight excluding hydrogens is 346 g/mol. The Morgan fingerprint density at radius 1 is 1.00 bits per heavy atom. The number of hydrogen-bond donors (Lipinski definition) is 1. The molecule has 8 nitrogen and oxygen atoms in total. The van der Waals surface area contributed by atoms with Gasteiger partial charge in [-0.25, -0.2) is 0 Å². The lowest BCUT2D eigenvalue weighted by Gasteiger charge is -2.38. The molecule has 0 aliphatic carbocycles. The van der Waals surface area contributed by atoms with E-state index in [-0.39, 0.29) is 17.9 Å². The summed E-state index contributed by atoms with van der Waals surface area (Å²) in [5, 5.41) is 3.50. The highest BCUT2D eigenvalue weighted by atomic mass is 16.5. The number of rotatable bonds is 3. The topological polar surface area (TPSA) is 77.5 Å². The third-order valence-corrected chi connectivity index (χ3v) is 5.92. The maximum absolute atomic E-state index is 12.5. The van der Waals surface area contributed by atoms with Gasteiger partial charge in [-0.1, -0.05) is 0 Å². The molecule has 2 amide bonds. The van der Waals surface area contributed by atoms with E-state index in [1.54, 1.807) is 6.92 Å². The molecule has 8 heteroatoms. The van der Waals surface area contributed by atoms with Crippen LogP contribution in [0.1, 0.15) is 32.6 Å². The van der Waals surface area contributed by atoms with Crippen LogP contribution in [0.25, 0.3) is 0 Å². The average Bonchev–Trinajstić information content (AvgIpc) is 3.23. The number of aliphatic imine (C=N–C) groups is 1. The van der Waals surface area contributed by atoms with Gasteiger partial charge < -0.3 is 24.8 Å². The highest BCUT2D eigenvalue weighted by Gasteiger charge is 2.31. The number of carbonyl (C=O) groups is 2. The van der Waals surface area contributed by atoms with Crippen LogP contribution in [0.4, 0.5) is 0 Å². The van der Waals surface area contributed by atoms with E-state index in [9.17, 15) is 9.59 Å². The molecule has 3 rings (SSSR count). The normalized spacial score (nSPS) is 25.0. The van der Waals surface area contributed by atoms with Crippen LogP contribution >= 0.6 is 0 Å². The molecule has 1 unspecified atom stereocenters. The summed E-state index contributed by atoms with van der Waals surface area (Å²) < 4.78 is 5.53. The average molecular weight is 380 g/mol. The highest BCUT2D eigenvalue weighted by Crippen LogP contribution is 2.17. The minimum absolute atomic E-state index is 0.146. The predicted octanol–water partition coefficient (Wildman–Crippen LogP) is 0.144. The molecule has 152 valence electrons.